The molecule has 0 atom stereocenters. The van der Waals surface area contributed by atoms with Gasteiger partial charge >= 0.3 is 0 Å². The quantitative estimate of drug-likeness (QED) is 0.669. The number of hydrogen-bond donors (Lipinski definition) is 0. The molecule has 0 aliphatic rings. The zero-order chi connectivity index (χ0) is 16.9. The van der Waals surface area contributed by atoms with Crippen LogP contribution in [0.25, 0.3) is 5.69 Å². The molecule has 3 rings (SSSR count). The lowest BCUT2D eigenvalue weighted by molar-refractivity contribution is 0.329. The SMILES string of the molecule is COc1ccc(-n2cccn2)c(CN(C)CCc2cnn(C)c2)c1. The molecule has 3 aromatic rings. The van der Waals surface area contributed by atoms with Crippen LogP contribution in [0.1, 0.15) is 11.1 Å². The average molecular weight is 325 g/mol. The molecule has 1 aromatic carbocycles. The Hall–Kier alpha value is -2.60. The molecular formula is C18H23N5O. The van der Waals surface area contributed by atoms with Crippen molar-refractivity contribution in [3.63, 3.8) is 0 Å². The number of nitrogens with zero attached hydrogens (tertiary/aromatic N) is 5. The van der Waals surface area contributed by atoms with Crippen LogP contribution >= 0.6 is 0 Å². The molecule has 0 spiro atoms. The molecule has 0 fully saturated rings. The maximum absolute atomic E-state index is 5.38. The molecule has 0 radical (unpaired) electrons. The van der Waals surface area contributed by atoms with Gasteiger partial charge < -0.3 is 9.64 Å². The van der Waals surface area contributed by atoms with E-state index in [0.717, 1.165) is 30.9 Å². The molecule has 0 aliphatic heterocycles. The first-order valence-corrected chi connectivity index (χ1v) is 7.98. The molecule has 0 amide bonds. The third kappa shape index (κ3) is 3.83. The molecule has 0 N–H and O–H groups in total. The topological polar surface area (TPSA) is 48.1 Å². The van der Waals surface area contributed by atoms with Crippen LogP contribution in [-0.4, -0.2) is 45.2 Å². The minimum absolute atomic E-state index is 0.826. The smallest absolute Gasteiger partial charge is 0.119 e. The van der Waals surface area contributed by atoms with Crippen LogP contribution < -0.4 is 4.74 Å². The number of methoxy groups -OCH3 is 1. The molecule has 6 heteroatoms. The van der Waals surface area contributed by atoms with Gasteiger partial charge in [-0.05, 0) is 48.9 Å². The summed E-state index contributed by atoms with van der Waals surface area (Å²) in [5.41, 5.74) is 3.52. The number of hydrogen-bond acceptors (Lipinski definition) is 4. The van der Waals surface area contributed by atoms with Crippen molar-refractivity contribution >= 4 is 0 Å². The summed E-state index contributed by atoms with van der Waals surface area (Å²) in [5.74, 6) is 0.863. The lowest BCUT2D eigenvalue weighted by atomic mass is 10.1. The van der Waals surface area contributed by atoms with Crippen LogP contribution in [0.2, 0.25) is 0 Å². The van der Waals surface area contributed by atoms with E-state index in [0.29, 0.717) is 0 Å². The Morgan fingerprint density at radius 1 is 1.25 bits per heavy atom. The third-order valence-electron chi connectivity index (χ3n) is 4.02. The van der Waals surface area contributed by atoms with Crippen molar-refractivity contribution in [3.8, 4) is 11.4 Å². The summed E-state index contributed by atoms with van der Waals surface area (Å²) in [6.07, 6.45) is 8.72. The molecular weight excluding hydrogens is 302 g/mol. The van der Waals surface area contributed by atoms with Gasteiger partial charge in [0.05, 0.1) is 19.0 Å². The normalized spacial score (nSPS) is 11.2. The third-order valence-corrected chi connectivity index (χ3v) is 4.02. The maximum Gasteiger partial charge on any atom is 0.119 e. The van der Waals surface area contributed by atoms with Crippen LogP contribution in [0.5, 0.6) is 5.75 Å². The van der Waals surface area contributed by atoms with Gasteiger partial charge in [0.15, 0.2) is 0 Å². The number of likely N-dealkylation sites (N-methyl/N-ethyl adjacent to an activating group) is 1. The summed E-state index contributed by atoms with van der Waals surface area (Å²) in [5, 5.41) is 8.57. The Morgan fingerprint density at radius 2 is 2.12 bits per heavy atom. The van der Waals surface area contributed by atoms with E-state index in [1.807, 2.05) is 40.9 Å². The van der Waals surface area contributed by atoms with Gasteiger partial charge in [-0.1, -0.05) is 0 Å². The molecule has 126 valence electrons. The number of ether oxygens (including phenoxy) is 1. The molecule has 24 heavy (non-hydrogen) atoms. The van der Waals surface area contributed by atoms with Gasteiger partial charge in [0.1, 0.15) is 5.75 Å². The Kier molecular flexibility index (Phi) is 4.96. The zero-order valence-electron chi connectivity index (χ0n) is 14.4. The lowest BCUT2D eigenvalue weighted by Gasteiger charge is -2.19. The summed E-state index contributed by atoms with van der Waals surface area (Å²) in [6, 6.07) is 8.03. The van der Waals surface area contributed by atoms with Gasteiger partial charge in [-0.15, -0.1) is 0 Å². The highest BCUT2D eigenvalue weighted by Gasteiger charge is 2.10. The summed E-state index contributed by atoms with van der Waals surface area (Å²) in [6.45, 7) is 1.79. The van der Waals surface area contributed by atoms with Crippen molar-refractivity contribution in [3.05, 3.63) is 60.2 Å². The number of benzene rings is 1. The minimum atomic E-state index is 0.826. The Labute approximate surface area is 142 Å². The van der Waals surface area contributed by atoms with Crippen molar-refractivity contribution in [2.75, 3.05) is 20.7 Å². The van der Waals surface area contributed by atoms with E-state index < -0.39 is 0 Å². The summed E-state index contributed by atoms with van der Waals surface area (Å²) >= 11 is 0. The zero-order valence-corrected chi connectivity index (χ0v) is 14.4. The molecule has 0 saturated carbocycles. The highest BCUT2D eigenvalue weighted by molar-refractivity contribution is 5.45. The fourth-order valence-electron chi connectivity index (χ4n) is 2.74. The first kappa shape index (κ1) is 16.3. The Morgan fingerprint density at radius 3 is 2.79 bits per heavy atom. The van der Waals surface area contributed by atoms with Crippen LogP contribution in [0, 0.1) is 0 Å². The number of rotatable bonds is 7. The van der Waals surface area contributed by atoms with Crippen molar-refractivity contribution < 1.29 is 4.74 Å². The van der Waals surface area contributed by atoms with Gasteiger partial charge in [-0.3, -0.25) is 4.68 Å². The van der Waals surface area contributed by atoms with Crippen molar-refractivity contribution in [2.45, 2.75) is 13.0 Å². The maximum atomic E-state index is 5.38. The van der Waals surface area contributed by atoms with E-state index in [2.05, 4.69) is 40.5 Å². The first-order chi connectivity index (χ1) is 11.7. The number of aromatic nitrogens is 4. The molecule has 0 aliphatic carbocycles. The second kappa shape index (κ2) is 7.31. The van der Waals surface area contributed by atoms with E-state index in [1.165, 1.54) is 11.1 Å². The molecule has 6 nitrogen and oxygen atoms in total. The second-order valence-corrected chi connectivity index (χ2v) is 5.96. The van der Waals surface area contributed by atoms with Crippen LogP contribution in [0.15, 0.2) is 49.1 Å². The summed E-state index contributed by atoms with van der Waals surface area (Å²) < 4.78 is 9.11. The predicted molar refractivity (Wildman–Crippen MR) is 93.4 cm³/mol. The molecule has 0 unspecified atom stereocenters. The van der Waals surface area contributed by atoms with Crippen molar-refractivity contribution in [2.24, 2.45) is 7.05 Å². The Bertz CT molecular complexity index is 779. The fraction of sp³-hybridized carbons (Fsp3) is 0.333. The molecule has 0 bridgehead atoms. The van der Waals surface area contributed by atoms with Crippen molar-refractivity contribution in [1.82, 2.24) is 24.5 Å². The van der Waals surface area contributed by atoms with Gasteiger partial charge in [0.2, 0.25) is 0 Å². The minimum Gasteiger partial charge on any atom is -0.497 e. The highest BCUT2D eigenvalue weighted by Crippen LogP contribution is 2.22. The lowest BCUT2D eigenvalue weighted by Crippen LogP contribution is -2.21. The van der Waals surface area contributed by atoms with Gasteiger partial charge in [-0.2, -0.15) is 10.2 Å². The van der Waals surface area contributed by atoms with Crippen LogP contribution in [0.4, 0.5) is 0 Å². The van der Waals surface area contributed by atoms with Gasteiger partial charge in [-0.25, -0.2) is 4.68 Å². The monoisotopic (exact) mass is 325 g/mol. The Balaban J connectivity index is 1.72. The summed E-state index contributed by atoms with van der Waals surface area (Å²) in [4.78, 5) is 2.30. The predicted octanol–water partition coefficient (Wildman–Crippen LogP) is 2.29. The second-order valence-electron chi connectivity index (χ2n) is 5.96. The van der Waals surface area contributed by atoms with Gasteiger partial charge in [0.25, 0.3) is 0 Å². The van der Waals surface area contributed by atoms with E-state index in [9.17, 15) is 0 Å². The van der Waals surface area contributed by atoms with E-state index in [1.54, 1.807) is 13.3 Å². The first-order valence-electron chi connectivity index (χ1n) is 7.98. The van der Waals surface area contributed by atoms with E-state index in [-0.39, 0.29) is 0 Å². The van der Waals surface area contributed by atoms with Gasteiger partial charge in [0, 0.05) is 38.7 Å². The van der Waals surface area contributed by atoms with Crippen molar-refractivity contribution in [1.29, 1.82) is 0 Å². The largest absolute Gasteiger partial charge is 0.497 e. The van der Waals surface area contributed by atoms with Crippen LogP contribution in [0.3, 0.4) is 0 Å². The fourth-order valence-corrected chi connectivity index (χ4v) is 2.74. The van der Waals surface area contributed by atoms with Crippen LogP contribution in [-0.2, 0) is 20.0 Å². The molecule has 0 saturated heterocycles. The van der Waals surface area contributed by atoms with E-state index >= 15 is 0 Å². The standard InChI is InChI=1S/C18H23N5O/c1-21(10-7-15-12-20-22(2)13-15)14-16-11-17(24-3)5-6-18(16)23-9-4-8-19-23/h4-6,8-9,11-13H,7,10,14H2,1-3H3. The highest BCUT2D eigenvalue weighted by atomic mass is 16.5. The average Bonchev–Trinajstić information content (AvgIpc) is 3.24. The number of aryl methyl sites for hydroxylation is 1. The molecule has 2 aromatic heterocycles. The van der Waals surface area contributed by atoms with E-state index in [4.69, 9.17) is 4.74 Å². The summed E-state index contributed by atoms with van der Waals surface area (Å²) in [7, 11) is 5.77. The molecule has 2 heterocycles.